The van der Waals surface area contributed by atoms with Gasteiger partial charge in [0.15, 0.2) is 0 Å². The van der Waals surface area contributed by atoms with E-state index in [0.29, 0.717) is 19.3 Å². The van der Waals surface area contributed by atoms with Gasteiger partial charge in [0.1, 0.15) is 0 Å². The Bertz CT molecular complexity index is 207. The lowest BCUT2D eigenvalue weighted by molar-refractivity contribution is -0.266. The highest BCUT2D eigenvalue weighted by molar-refractivity contribution is 5.36. The number of hydroxylamine groups is 2. The minimum atomic E-state index is -0.327. The highest BCUT2D eigenvalue weighted by Gasteiger charge is 2.46. The van der Waals surface area contributed by atoms with Gasteiger partial charge >= 0.3 is 6.47 Å². The van der Waals surface area contributed by atoms with E-state index in [4.69, 9.17) is 4.84 Å². The summed E-state index contributed by atoms with van der Waals surface area (Å²) in [5.74, 6) is 0. The second kappa shape index (κ2) is 3.51. The monoisotopic (exact) mass is 201 g/mol. The van der Waals surface area contributed by atoms with Crippen molar-refractivity contribution >= 4 is 6.47 Å². The Hall–Kier alpha value is -0.610. The maximum absolute atomic E-state index is 10.4. The maximum Gasteiger partial charge on any atom is 0.313 e. The van der Waals surface area contributed by atoms with Gasteiger partial charge < -0.3 is 9.94 Å². The number of hydrogen-bond acceptors (Lipinski definition) is 4. The molecule has 1 heterocycles. The third kappa shape index (κ3) is 2.07. The fourth-order valence-electron chi connectivity index (χ4n) is 2.54. The zero-order valence-corrected chi connectivity index (χ0v) is 9.28. The van der Waals surface area contributed by atoms with Crippen molar-refractivity contribution in [1.82, 2.24) is 5.06 Å². The van der Waals surface area contributed by atoms with Crippen LogP contribution in [0.2, 0.25) is 0 Å². The van der Waals surface area contributed by atoms with E-state index in [-0.39, 0.29) is 17.2 Å². The summed E-state index contributed by atoms with van der Waals surface area (Å²) in [6, 6.07) is 0. The second-order valence-electron chi connectivity index (χ2n) is 5.18. The van der Waals surface area contributed by atoms with Crippen LogP contribution in [0.15, 0.2) is 0 Å². The van der Waals surface area contributed by atoms with Gasteiger partial charge in [-0.15, -0.1) is 5.06 Å². The molecule has 14 heavy (non-hydrogen) atoms. The highest BCUT2D eigenvalue weighted by Crippen LogP contribution is 2.38. The van der Waals surface area contributed by atoms with Crippen LogP contribution in [-0.4, -0.2) is 33.8 Å². The molecule has 0 amide bonds. The fraction of sp³-hybridized carbons (Fsp3) is 0.900. The Morgan fingerprint density at radius 1 is 1.29 bits per heavy atom. The van der Waals surface area contributed by atoms with Crippen LogP contribution in [0, 0.1) is 0 Å². The molecule has 0 aromatic carbocycles. The first-order valence-corrected chi connectivity index (χ1v) is 4.88. The molecule has 1 saturated heterocycles. The molecule has 1 fully saturated rings. The van der Waals surface area contributed by atoms with Crippen molar-refractivity contribution in [3.05, 3.63) is 0 Å². The molecule has 4 heteroatoms. The van der Waals surface area contributed by atoms with Gasteiger partial charge in [-0.25, -0.2) is 0 Å². The van der Waals surface area contributed by atoms with Gasteiger partial charge in [0.05, 0.1) is 17.2 Å². The smallest absolute Gasteiger partial charge is 0.313 e. The Labute approximate surface area is 84.8 Å². The molecule has 1 N–H and O–H groups in total. The quantitative estimate of drug-likeness (QED) is 0.679. The molecule has 0 unspecified atom stereocenters. The van der Waals surface area contributed by atoms with Crippen LogP contribution in [0.1, 0.15) is 40.5 Å². The van der Waals surface area contributed by atoms with E-state index >= 15 is 0 Å². The number of carbonyl (C=O) groups is 1. The molecule has 82 valence electrons. The lowest BCUT2D eigenvalue weighted by atomic mass is 9.80. The molecular formula is C10H19NO3. The summed E-state index contributed by atoms with van der Waals surface area (Å²) < 4.78 is 0. The predicted molar refractivity (Wildman–Crippen MR) is 52.4 cm³/mol. The summed E-state index contributed by atoms with van der Waals surface area (Å²) in [5, 5.41) is 11.4. The number of hydrogen-bond donors (Lipinski definition) is 1. The summed E-state index contributed by atoms with van der Waals surface area (Å²) >= 11 is 0. The Balaban J connectivity index is 2.90. The number of piperidine rings is 1. The van der Waals surface area contributed by atoms with Crippen molar-refractivity contribution in [2.75, 3.05) is 0 Å². The van der Waals surface area contributed by atoms with Gasteiger partial charge in [-0.05, 0) is 40.5 Å². The average molecular weight is 201 g/mol. The standard InChI is InChI=1S/C10H19NO3/c1-9(2)5-8(13)6-10(3,4)11(9)14-7-12/h7-8,13H,5-6H2,1-4H3. The van der Waals surface area contributed by atoms with E-state index in [9.17, 15) is 9.90 Å². The SMILES string of the molecule is CC1(C)CC(O)CC(C)(C)N1OC=O. The van der Waals surface area contributed by atoms with Crippen LogP contribution in [0.3, 0.4) is 0 Å². The van der Waals surface area contributed by atoms with Gasteiger partial charge in [0.2, 0.25) is 0 Å². The zero-order chi connectivity index (χ0) is 11.0. The molecule has 0 spiro atoms. The normalized spacial score (nSPS) is 27.2. The van der Waals surface area contributed by atoms with E-state index in [1.807, 2.05) is 27.7 Å². The lowest BCUT2D eigenvalue weighted by Crippen LogP contribution is -2.61. The molecular weight excluding hydrogens is 182 g/mol. The maximum atomic E-state index is 10.4. The fourth-order valence-corrected chi connectivity index (χ4v) is 2.54. The molecule has 0 bridgehead atoms. The summed E-state index contributed by atoms with van der Waals surface area (Å²) in [6.45, 7) is 8.28. The van der Waals surface area contributed by atoms with Gasteiger partial charge in [-0.3, -0.25) is 4.79 Å². The topological polar surface area (TPSA) is 49.8 Å². The van der Waals surface area contributed by atoms with Crippen molar-refractivity contribution in [2.45, 2.75) is 57.7 Å². The first kappa shape index (κ1) is 11.5. The van der Waals surface area contributed by atoms with E-state index in [2.05, 4.69) is 0 Å². The molecule has 0 atom stereocenters. The summed E-state index contributed by atoms with van der Waals surface area (Å²) in [5.41, 5.74) is -0.635. The van der Waals surface area contributed by atoms with Gasteiger partial charge in [0, 0.05) is 0 Å². The third-order valence-corrected chi connectivity index (χ3v) is 2.72. The Kier molecular flexibility index (Phi) is 2.88. The molecule has 1 aliphatic rings. The molecule has 0 radical (unpaired) electrons. The largest absolute Gasteiger partial charge is 0.393 e. The van der Waals surface area contributed by atoms with Crippen LogP contribution < -0.4 is 0 Å². The molecule has 4 nitrogen and oxygen atoms in total. The molecule has 0 saturated carbocycles. The molecule has 0 aliphatic carbocycles. The number of aliphatic hydroxyl groups excluding tert-OH is 1. The molecule has 1 rings (SSSR count). The van der Waals surface area contributed by atoms with Crippen molar-refractivity contribution in [1.29, 1.82) is 0 Å². The van der Waals surface area contributed by atoms with Crippen molar-refractivity contribution in [3.63, 3.8) is 0 Å². The van der Waals surface area contributed by atoms with Crippen molar-refractivity contribution < 1.29 is 14.7 Å². The van der Waals surface area contributed by atoms with Crippen LogP contribution >= 0.6 is 0 Å². The Morgan fingerprint density at radius 2 is 1.71 bits per heavy atom. The first-order valence-electron chi connectivity index (χ1n) is 4.88. The van der Waals surface area contributed by atoms with Crippen molar-refractivity contribution in [3.8, 4) is 0 Å². The molecule has 1 aliphatic heterocycles. The van der Waals surface area contributed by atoms with Crippen LogP contribution in [0.4, 0.5) is 0 Å². The number of nitrogens with zero attached hydrogens (tertiary/aromatic N) is 1. The summed E-state index contributed by atoms with van der Waals surface area (Å²) in [7, 11) is 0. The Morgan fingerprint density at radius 3 is 2.07 bits per heavy atom. The van der Waals surface area contributed by atoms with Gasteiger partial charge in [0.25, 0.3) is 0 Å². The third-order valence-electron chi connectivity index (χ3n) is 2.72. The van der Waals surface area contributed by atoms with Crippen LogP contribution in [0.5, 0.6) is 0 Å². The molecule has 0 aromatic heterocycles. The van der Waals surface area contributed by atoms with E-state index in [0.717, 1.165) is 0 Å². The van der Waals surface area contributed by atoms with Crippen molar-refractivity contribution in [2.24, 2.45) is 0 Å². The highest BCUT2D eigenvalue weighted by atomic mass is 16.7. The summed E-state index contributed by atoms with van der Waals surface area (Å²) in [4.78, 5) is 15.4. The predicted octanol–water partition coefficient (Wildman–Crippen LogP) is 1.09. The number of aliphatic hydroxyl groups is 1. The average Bonchev–Trinajstić information content (AvgIpc) is 1.94. The minimum absolute atomic E-state index is 0.317. The summed E-state index contributed by atoms with van der Waals surface area (Å²) in [6.07, 6.45) is 0.903. The van der Waals surface area contributed by atoms with E-state index in [1.165, 1.54) is 0 Å². The van der Waals surface area contributed by atoms with Gasteiger partial charge in [-0.1, -0.05) is 0 Å². The van der Waals surface area contributed by atoms with E-state index in [1.54, 1.807) is 5.06 Å². The van der Waals surface area contributed by atoms with Crippen LogP contribution in [0.25, 0.3) is 0 Å². The first-order chi connectivity index (χ1) is 6.29. The number of rotatable bonds is 2. The van der Waals surface area contributed by atoms with E-state index < -0.39 is 0 Å². The lowest BCUT2D eigenvalue weighted by Gasteiger charge is -2.51. The van der Waals surface area contributed by atoms with Crippen LogP contribution in [-0.2, 0) is 9.63 Å². The minimum Gasteiger partial charge on any atom is -0.393 e. The number of carbonyl (C=O) groups excluding carboxylic acids is 1. The zero-order valence-electron chi connectivity index (χ0n) is 9.28. The van der Waals surface area contributed by atoms with Gasteiger partial charge in [-0.2, -0.15) is 0 Å². The molecule has 0 aromatic rings. The second-order valence-corrected chi connectivity index (χ2v) is 5.18.